The Morgan fingerprint density at radius 1 is 1.45 bits per heavy atom. The van der Waals surface area contributed by atoms with Gasteiger partial charge in [-0.2, -0.15) is 0 Å². The maximum Gasteiger partial charge on any atom is 0.121 e. The van der Waals surface area contributed by atoms with Gasteiger partial charge in [-0.25, -0.2) is 0 Å². The SMILES string of the molecule is CC(C)C1CCCN1CC(O)COc1cccc(N)c1. The van der Waals surface area contributed by atoms with Crippen LogP contribution in [-0.2, 0) is 0 Å². The number of benzene rings is 1. The first-order chi connectivity index (χ1) is 9.56. The van der Waals surface area contributed by atoms with Gasteiger partial charge in [-0.05, 0) is 37.4 Å². The molecule has 4 heteroatoms. The van der Waals surface area contributed by atoms with E-state index in [9.17, 15) is 5.11 Å². The lowest BCUT2D eigenvalue weighted by atomic mass is 10.0. The van der Waals surface area contributed by atoms with Crippen molar-refractivity contribution < 1.29 is 9.84 Å². The number of β-amino-alcohol motifs (C(OH)–C–C–N with tert-alkyl or cyclic N) is 1. The molecule has 1 aromatic carbocycles. The van der Waals surface area contributed by atoms with Crippen LogP contribution in [0.25, 0.3) is 0 Å². The second kappa shape index (κ2) is 6.95. The van der Waals surface area contributed by atoms with Crippen LogP contribution in [0.4, 0.5) is 5.69 Å². The van der Waals surface area contributed by atoms with Gasteiger partial charge in [0.1, 0.15) is 18.5 Å². The average molecular weight is 278 g/mol. The lowest BCUT2D eigenvalue weighted by Crippen LogP contribution is -2.40. The second-order valence-electron chi connectivity index (χ2n) is 5.99. The van der Waals surface area contributed by atoms with Crippen LogP contribution in [0.3, 0.4) is 0 Å². The zero-order valence-corrected chi connectivity index (χ0v) is 12.5. The van der Waals surface area contributed by atoms with Crippen molar-refractivity contribution in [1.82, 2.24) is 4.90 Å². The van der Waals surface area contributed by atoms with E-state index in [1.807, 2.05) is 18.2 Å². The maximum atomic E-state index is 10.1. The highest BCUT2D eigenvalue weighted by atomic mass is 16.5. The van der Waals surface area contributed by atoms with Crippen molar-refractivity contribution in [2.75, 3.05) is 25.4 Å². The smallest absolute Gasteiger partial charge is 0.121 e. The van der Waals surface area contributed by atoms with Gasteiger partial charge in [0.15, 0.2) is 0 Å². The van der Waals surface area contributed by atoms with Crippen molar-refractivity contribution in [3.05, 3.63) is 24.3 Å². The predicted octanol–water partition coefficient (Wildman–Crippen LogP) is 2.13. The van der Waals surface area contributed by atoms with Gasteiger partial charge in [0, 0.05) is 24.3 Å². The number of nitrogens with zero attached hydrogens (tertiary/aromatic N) is 1. The zero-order chi connectivity index (χ0) is 14.5. The summed E-state index contributed by atoms with van der Waals surface area (Å²) in [7, 11) is 0. The maximum absolute atomic E-state index is 10.1. The van der Waals surface area contributed by atoms with Crippen molar-refractivity contribution in [2.45, 2.75) is 38.8 Å². The van der Waals surface area contributed by atoms with E-state index in [0.717, 1.165) is 6.54 Å². The fourth-order valence-corrected chi connectivity index (χ4v) is 2.95. The molecule has 1 saturated heterocycles. The highest BCUT2D eigenvalue weighted by Crippen LogP contribution is 2.23. The summed E-state index contributed by atoms with van der Waals surface area (Å²) in [5.41, 5.74) is 6.38. The van der Waals surface area contributed by atoms with E-state index in [1.54, 1.807) is 6.07 Å². The summed E-state index contributed by atoms with van der Waals surface area (Å²) in [6.07, 6.45) is 2.00. The number of aliphatic hydroxyl groups is 1. The van der Waals surface area contributed by atoms with E-state index in [4.69, 9.17) is 10.5 Å². The van der Waals surface area contributed by atoms with E-state index >= 15 is 0 Å². The average Bonchev–Trinajstić information content (AvgIpc) is 2.85. The van der Waals surface area contributed by atoms with Crippen LogP contribution in [0.15, 0.2) is 24.3 Å². The monoisotopic (exact) mass is 278 g/mol. The van der Waals surface area contributed by atoms with Crippen LogP contribution in [0.5, 0.6) is 5.75 Å². The highest BCUT2D eigenvalue weighted by Gasteiger charge is 2.28. The molecule has 2 unspecified atom stereocenters. The van der Waals surface area contributed by atoms with Crippen LogP contribution in [-0.4, -0.2) is 41.8 Å². The molecule has 2 atom stereocenters. The van der Waals surface area contributed by atoms with E-state index in [1.165, 1.54) is 12.8 Å². The first-order valence-corrected chi connectivity index (χ1v) is 7.46. The Balaban J connectivity index is 1.79. The molecule has 0 aromatic heterocycles. The lowest BCUT2D eigenvalue weighted by molar-refractivity contribution is 0.0571. The number of likely N-dealkylation sites (tertiary alicyclic amines) is 1. The second-order valence-corrected chi connectivity index (χ2v) is 5.99. The Labute approximate surface area is 121 Å². The van der Waals surface area contributed by atoms with Gasteiger partial charge in [0.2, 0.25) is 0 Å². The molecule has 0 radical (unpaired) electrons. The molecule has 112 valence electrons. The van der Waals surface area contributed by atoms with Crippen LogP contribution in [0.2, 0.25) is 0 Å². The molecular weight excluding hydrogens is 252 g/mol. The summed E-state index contributed by atoms with van der Waals surface area (Å²) < 4.78 is 5.60. The third-order valence-electron chi connectivity index (χ3n) is 3.93. The molecule has 20 heavy (non-hydrogen) atoms. The van der Waals surface area contributed by atoms with E-state index in [-0.39, 0.29) is 0 Å². The molecule has 1 aliphatic heterocycles. The number of hydrogen-bond donors (Lipinski definition) is 2. The number of rotatable bonds is 6. The van der Waals surface area contributed by atoms with Gasteiger partial charge in [0.05, 0.1) is 0 Å². The predicted molar refractivity (Wildman–Crippen MR) is 81.8 cm³/mol. The van der Waals surface area contributed by atoms with Gasteiger partial charge in [-0.3, -0.25) is 4.90 Å². The topological polar surface area (TPSA) is 58.7 Å². The minimum Gasteiger partial charge on any atom is -0.491 e. The summed E-state index contributed by atoms with van der Waals surface area (Å²) in [5, 5.41) is 10.1. The lowest BCUT2D eigenvalue weighted by Gasteiger charge is -2.29. The summed E-state index contributed by atoms with van der Waals surface area (Å²) in [6.45, 7) is 6.57. The molecule has 0 spiro atoms. The van der Waals surface area contributed by atoms with Crippen LogP contribution < -0.4 is 10.5 Å². The Morgan fingerprint density at radius 2 is 2.25 bits per heavy atom. The molecule has 2 rings (SSSR count). The number of ether oxygens (including phenoxy) is 1. The van der Waals surface area contributed by atoms with Gasteiger partial charge in [-0.1, -0.05) is 19.9 Å². The molecule has 0 bridgehead atoms. The standard InChI is InChI=1S/C16H26N2O2/c1-12(2)16-7-4-8-18(16)10-14(19)11-20-15-6-3-5-13(17)9-15/h3,5-6,9,12,14,16,19H,4,7-8,10-11,17H2,1-2H3. The van der Waals surface area contributed by atoms with Crippen LogP contribution >= 0.6 is 0 Å². The zero-order valence-electron chi connectivity index (χ0n) is 12.5. The third-order valence-corrected chi connectivity index (χ3v) is 3.93. The van der Waals surface area contributed by atoms with Crippen LogP contribution in [0.1, 0.15) is 26.7 Å². The van der Waals surface area contributed by atoms with Gasteiger partial charge in [0.25, 0.3) is 0 Å². The molecule has 0 saturated carbocycles. The largest absolute Gasteiger partial charge is 0.491 e. The van der Waals surface area contributed by atoms with Crippen molar-refractivity contribution in [1.29, 1.82) is 0 Å². The molecule has 1 aliphatic rings. The summed E-state index contributed by atoms with van der Waals surface area (Å²) in [6, 6.07) is 7.90. The molecule has 4 nitrogen and oxygen atoms in total. The minimum atomic E-state index is -0.462. The van der Waals surface area contributed by atoms with Crippen molar-refractivity contribution >= 4 is 5.69 Å². The fraction of sp³-hybridized carbons (Fsp3) is 0.625. The molecule has 3 N–H and O–H groups in total. The number of nitrogen functional groups attached to an aromatic ring is 1. The number of anilines is 1. The van der Waals surface area contributed by atoms with Crippen molar-refractivity contribution in [3.8, 4) is 5.75 Å². The first kappa shape index (κ1) is 15.1. The number of nitrogens with two attached hydrogens (primary N) is 1. The molecule has 0 amide bonds. The van der Waals surface area contributed by atoms with Gasteiger partial charge < -0.3 is 15.6 Å². The fourth-order valence-electron chi connectivity index (χ4n) is 2.95. The summed E-state index contributed by atoms with van der Waals surface area (Å²) in [4.78, 5) is 2.39. The van der Waals surface area contributed by atoms with E-state index in [0.29, 0.717) is 36.5 Å². The first-order valence-electron chi connectivity index (χ1n) is 7.46. The van der Waals surface area contributed by atoms with Crippen molar-refractivity contribution in [3.63, 3.8) is 0 Å². The van der Waals surface area contributed by atoms with E-state index in [2.05, 4.69) is 18.7 Å². The molecule has 1 heterocycles. The molecular formula is C16H26N2O2. The van der Waals surface area contributed by atoms with Crippen LogP contribution in [0, 0.1) is 5.92 Å². The highest BCUT2D eigenvalue weighted by molar-refractivity contribution is 5.43. The van der Waals surface area contributed by atoms with E-state index < -0.39 is 6.10 Å². The molecule has 1 aromatic rings. The Hall–Kier alpha value is -1.26. The normalized spacial score (nSPS) is 21.3. The third kappa shape index (κ3) is 4.12. The summed E-state index contributed by atoms with van der Waals surface area (Å²) >= 11 is 0. The summed E-state index contributed by atoms with van der Waals surface area (Å²) in [5.74, 6) is 1.35. The van der Waals surface area contributed by atoms with Crippen molar-refractivity contribution in [2.24, 2.45) is 5.92 Å². The number of hydrogen-bond acceptors (Lipinski definition) is 4. The molecule has 1 fully saturated rings. The van der Waals surface area contributed by atoms with Gasteiger partial charge >= 0.3 is 0 Å². The Kier molecular flexibility index (Phi) is 5.26. The Bertz CT molecular complexity index is 423. The quantitative estimate of drug-likeness (QED) is 0.783. The Morgan fingerprint density at radius 3 is 2.95 bits per heavy atom. The molecule has 0 aliphatic carbocycles. The number of aliphatic hydroxyl groups excluding tert-OH is 1. The van der Waals surface area contributed by atoms with Gasteiger partial charge in [-0.15, -0.1) is 0 Å². The minimum absolute atomic E-state index is 0.310.